The summed E-state index contributed by atoms with van der Waals surface area (Å²) in [6, 6.07) is 13.1. The first kappa shape index (κ1) is 22.1. The summed E-state index contributed by atoms with van der Waals surface area (Å²) in [7, 11) is 0. The number of nitrogens with zero attached hydrogens (tertiary/aromatic N) is 3. The van der Waals surface area contributed by atoms with Crippen LogP contribution in [0, 0.1) is 6.92 Å². The SMILES string of the molecule is Cc1cccnc1CCCN(O)C=O.O=CN(O)CCOc1ccccc1. The number of para-hydroxylation sites is 1. The van der Waals surface area contributed by atoms with Crippen LogP contribution in [0.25, 0.3) is 0 Å². The molecule has 0 saturated heterocycles. The van der Waals surface area contributed by atoms with Crippen LogP contribution in [0.1, 0.15) is 17.7 Å². The highest BCUT2D eigenvalue weighted by atomic mass is 16.5. The van der Waals surface area contributed by atoms with Crippen molar-refractivity contribution in [3.8, 4) is 5.75 Å². The Kier molecular flexibility index (Phi) is 10.8. The van der Waals surface area contributed by atoms with Gasteiger partial charge in [0.2, 0.25) is 12.8 Å². The lowest BCUT2D eigenvalue weighted by Gasteiger charge is -2.09. The van der Waals surface area contributed by atoms with E-state index in [0.29, 0.717) is 35.9 Å². The fourth-order valence-electron chi connectivity index (χ4n) is 2.07. The van der Waals surface area contributed by atoms with Crippen LogP contribution in [-0.2, 0) is 16.0 Å². The molecule has 0 aliphatic rings. The maximum Gasteiger partial charge on any atom is 0.233 e. The second kappa shape index (κ2) is 13.3. The summed E-state index contributed by atoms with van der Waals surface area (Å²) in [5.41, 5.74) is 2.16. The number of hydrogen-bond acceptors (Lipinski definition) is 6. The second-order valence-electron chi connectivity index (χ2n) is 5.57. The lowest BCUT2D eigenvalue weighted by molar-refractivity contribution is -0.151. The average Bonchev–Trinajstić information content (AvgIpc) is 2.70. The van der Waals surface area contributed by atoms with Crippen LogP contribution in [0.4, 0.5) is 0 Å². The molecular formula is C19H25N3O5. The fourth-order valence-corrected chi connectivity index (χ4v) is 2.07. The first-order valence-corrected chi connectivity index (χ1v) is 8.46. The molecule has 0 fully saturated rings. The smallest absolute Gasteiger partial charge is 0.233 e. The van der Waals surface area contributed by atoms with Crippen molar-refractivity contribution < 1.29 is 24.7 Å². The average molecular weight is 375 g/mol. The summed E-state index contributed by atoms with van der Waals surface area (Å²) < 4.78 is 5.22. The first-order valence-electron chi connectivity index (χ1n) is 8.46. The summed E-state index contributed by atoms with van der Waals surface area (Å²) in [5, 5.41) is 18.8. The van der Waals surface area contributed by atoms with Crippen molar-refractivity contribution in [2.24, 2.45) is 0 Å². The topological polar surface area (TPSA) is 103 Å². The van der Waals surface area contributed by atoms with E-state index in [1.54, 1.807) is 6.20 Å². The van der Waals surface area contributed by atoms with Crippen molar-refractivity contribution in [2.45, 2.75) is 19.8 Å². The zero-order valence-electron chi connectivity index (χ0n) is 15.3. The van der Waals surface area contributed by atoms with Crippen LogP contribution in [-0.4, -0.2) is 58.0 Å². The molecule has 27 heavy (non-hydrogen) atoms. The van der Waals surface area contributed by atoms with Crippen LogP contribution < -0.4 is 4.74 Å². The lowest BCUT2D eigenvalue weighted by Crippen LogP contribution is -2.23. The molecule has 2 rings (SSSR count). The number of ether oxygens (including phenoxy) is 1. The summed E-state index contributed by atoms with van der Waals surface area (Å²) in [5.74, 6) is 0.724. The predicted molar refractivity (Wildman–Crippen MR) is 98.3 cm³/mol. The number of carbonyl (C=O) groups is 2. The Labute approximate surface area is 158 Å². The van der Waals surface area contributed by atoms with Crippen molar-refractivity contribution in [1.82, 2.24) is 15.1 Å². The maximum atomic E-state index is 10.1. The van der Waals surface area contributed by atoms with E-state index < -0.39 is 0 Å². The van der Waals surface area contributed by atoms with Crippen LogP contribution in [0.2, 0.25) is 0 Å². The van der Waals surface area contributed by atoms with Gasteiger partial charge >= 0.3 is 0 Å². The van der Waals surface area contributed by atoms with Gasteiger partial charge in [-0.3, -0.25) is 25.0 Å². The minimum atomic E-state index is 0.165. The van der Waals surface area contributed by atoms with Crippen LogP contribution in [0.15, 0.2) is 48.7 Å². The molecule has 0 atom stereocenters. The van der Waals surface area contributed by atoms with Crippen LogP contribution in [0.5, 0.6) is 5.75 Å². The Morgan fingerprint density at radius 3 is 2.30 bits per heavy atom. The summed E-state index contributed by atoms with van der Waals surface area (Å²) >= 11 is 0. The molecule has 0 unspecified atom stereocenters. The molecule has 0 radical (unpaired) electrons. The molecule has 1 aromatic carbocycles. The predicted octanol–water partition coefficient (Wildman–Crippen LogP) is 2.08. The number of aryl methyl sites for hydroxylation is 2. The zero-order valence-corrected chi connectivity index (χ0v) is 15.3. The molecular weight excluding hydrogens is 350 g/mol. The third kappa shape index (κ3) is 9.93. The Morgan fingerprint density at radius 2 is 1.67 bits per heavy atom. The molecule has 1 aromatic heterocycles. The summed E-state index contributed by atoms with van der Waals surface area (Å²) in [4.78, 5) is 24.3. The van der Waals surface area contributed by atoms with Gasteiger partial charge in [0.15, 0.2) is 0 Å². The number of amides is 2. The molecule has 0 spiro atoms. The van der Waals surface area contributed by atoms with Gasteiger partial charge in [-0.05, 0) is 43.5 Å². The minimum Gasteiger partial charge on any atom is -0.492 e. The number of aromatic nitrogens is 1. The molecule has 8 heteroatoms. The largest absolute Gasteiger partial charge is 0.492 e. The van der Waals surface area contributed by atoms with Crippen molar-refractivity contribution in [2.75, 3.05) is 19.7 Å². The molecule has 2 N–H and O–H groups in total. The van der Waals surface area contributed by atoms with Gasteiger partial charge in [-0.2, -0.15) is 0 Å². The van der Waals surface area contributed by atoms with Gasteiger partial charge in [0.25, 0.3) is 0 Å². The number of benzene rings is 1. The van der Waals surface area contributed by atoms with Crippen molar-refractivity contribution in [3.05, 3.63) is 59.9 Å². The van der Waals surface area contributed by atoms with E-state index in [9.17, 15) is 9.59 Å². The van der Waals surface area contributed by atoms with Gasteiger partial charge in [0.05, 0.1) is 6.54 Å². The van der Waals surface area contributed by atoms with E-state index in [-0.39, 0.29) is 13.2 Å². The fraction of sp³-hybridized carbons (Fsp3) is 0.316. The van der Waals surface area contributed by atoms with Gasteiger partial charge in [0.1, 0.15) is 12.4 Å². The van der Waals surface area contributed by atoms with E-state index in [2.05, 4.69) is 4.98 Å². The zero-order chi connectivity index (χ0) is 19.9. The highest BCUT2D eigenvalue weighted by Gasteiger charge is 2.00. The van der Waals surface area contributed by atoms with Crippen LogP contribution in [0.3, 0.4) is 0 Å². The molecule has 2 amide bonds. The lowest BCUT2D eigenvalue weighted by atomic mass is 10.1. The van der Waals surface area contributed by atoms with Gasteiger partial charge in [-0.1, -0.05) is 24.3 Å². The first-order chi connectivity index (χ1) is 13.1. The van der Waals surface area contributed by atoms with E-state index in [0.717, 1.165) is 23.4 Å². The van der Waals surface area contributed by atoms with Crippen molar-refractivity contribution >= 4 is 12.8 Å². The number of pyridine rings is 1. The third-order valence-corrected chi connectivity index (χ3v) is 3.49. The Balaban J connectivity index is 0.000000271. The summed E-state index contributed by atoms with van der Waals surface area (Å²) in [6.07, 6.45) is 3.99. The van der Waals surface area contributed by atoms with Crippen molar-refractivity contribution in [3.63, 3.8) is 0 Å². The van der Waals surface area contributed by atoms with Gasteiger partial charge in [-0.25, -0.2) is 10.1 Å². The van der Waals surface area contributed by atoms with E-state index in [1.807, 2.05) is 49.4 Å². The molecule has 1 heterocycles. The van der Waals surface area contributed by atoms with Crippen molar-refractivity contribution in [1.29, 1.82) is 0 Å². The maximum absolute atomic E-state index is 10.1. The van der Waals surface area contributed by atoms with Crippen LogP contribution >= 0.6 is 0 Å². The standard InChI is InChI=1S/C10H14N2O2.C9H11NO3/c1-9-4-2-6-11-10(9)5-3-7-12(14)8-13;11-8-10(12)6-7-13-9-4-2-1-3-5-9/h2,4,6,8,14H,3,5,7H2,1H3;1-5,8,12H,6-7H2. The van der Waals surface area contributed by atoms with Gasteiger partial charge in [0, 0.05) is 18.4 Å². The number of carbonyl (C=O) groups excluding carboxylic acids is 2. The molecule has 8 nitrogen and oxygen atoms in total. The molecule has 0 aliphatic heterocycles. The minimum absolute atomic E-state index is 0.165. The molecule has 0 saturated carbocycles. The normalized spacial score (nSPS) is 9.59. The Morgan fingerprint density at radius 1 is 1.00 bits per heavy atom. The molecule has 0 aliphatic carbocycles. The van der Waals surface area contributed by atoms with Gasteiger partial charge < -0.3 is 4.74 Å². The van der Waals surface area contributed by atoms with E-state index in [4.69, 9.17) is 15.2 Å². The summed E-state index contributed by atoms with van der Waals surface area (Å²) in [6.45, 7) is 2.79. The number of hydrogen-bond donors (Lipinski definition) is 2. The molecule has 146 valence electrons. The molecule has 2 aromatic rings. The number of hydroxylamine groups is 4. The highest BCUT2D eigenvalue weighted by molar-refractivity contribution is 5.44. The monoisotopic (exact) mass is 375 g/mol. The Hall–Kier alpha value is -2.97. The quantitative estimate of drug-likeness (QED) is 0.374. The highest BCUT2D eigenvalue weighted by Crippen LogP contribution is 2.07. The number of rotatable bonds is 10. The third-order valence-electron chi connectivity index (χ3n) is 3.49. The van der Waals surface area contributed by atoms with Gasteiger partial charge in [-0.15, -0.1) is 0 Å². The van der Waals surface area contributed by atoms with E-state index >= 15 is 0 Å². The second-order valence-corrected chi connectivity index (χ2v) is 5.57. The molecule has 0 bridgehead atoms. The Bertz CT molecular complexity index is 669. The van der Waals surface area contributed by atoms with E-state index in [1.165, 1.54) is 0 Å².